The van der Waals surface area contributed by atoms with Gasteiger partial charge in [-0.15, -0.1) is 0 Å². The van der Waals surface area contributed by atoms with E-state index in [-0.39, 0.29) is 24.4 Å². The van der Waals surface area contributed by atoms with Gasteiger partial charge in [0.1, 0.15) is 0 Å². The molecule has 0 atom stereocenters. The molecule has 190 valence electrons. The standard InChI is InChI=1S/C23H29F6N3O2/c1-15-2-6-31(7-3-15)14-20(33)32-8-4-16(5-9-32)13-30-21(34)17-10-18(22(24,25)26)12-19(11-17)23(27,28)29/h10-12,15-16H,2-9,13-14H2,1H3,(H,30,34). The van der Waals surface area contributed by atoms with Crippen LogP contribution in [0.1, 0.15) is 54.1 Å². The maximum absolute atomic E-state index is 13.0. The Balaban J connectivity index is 1.51. The van der Waals surface area contributed by atoms with Gasteiger partial charge in [0.05, 0.1) is 17.7 Å². The van der Waals surface area contributed by atoms with Gasteiger partial charge in [-0.2, -0.15) is 26.3 Å². The normalized spacial score (nSPS) is 19.3. The number of carbonyl (C=O) groups excluding carboxylic acids is 2. The fourth-order valence-electron chi connectivity index (χ4n) is 4.32. The molecule has 2 amide bonds. The molecule has 2 heterocycles. The summed E-state index contributed by atoms with van der Waals surface area (Å²) in [6.07, 6.45) is -6.68. The Morgan fingerprint density at radius 3 is 1.91 bits per heavy atom. The number of likely N-dealkylation sites (tertiary alicyclic amines) is 2. The van der Waals surface area contributed by atoms with Crippen molar-refractivity contribution in [1.82, 2.24) is 15.1 Å². The van der Waals surface area contributed by atoms with E-state index in [2.05, 4.69) is 17.1 Å². The molecule has 0 saturated carbocycles. The van der Waals surface area contributed by atoms with Crippen LogP contribution in [-0.2, 0) is 17.1 Å². The highest BCUT2D eigenvalue weighted by atomic mass is 19.4. The molecule has 1 aromatic rings. The van der Waals surface area contributed by atoms with Gasteiger partial charge in [0.25, 0.3) is 5.91 Å². The molecule has 0 aliphatic carbocycles. The molecule has 1 N–H and O–H groups in total. The molecule has 3 rings (SSSR count). The molecule has 2 aliphatic rings. The van der Waals surface area contributed by atoms with Crippen LogP contribution < -0.4 is 5.32 Å². The number of carbonyl (C=O) groups is 2. The van der Waals surface area contributed by atoms with E-state index in [9.17, 15) is 35.9 Å². The second-order valence-corrected chi connectivity index (χ2v) is 9.29. The van der Waals surface area contributed by atoms with Crippen molar-refractivity contribution in [2.75, 3.05) is 39.3 Å². The Labute approximate surface area is 194 Å². The van der Waals surface area contributed by atoms with Crippen LogP contribution in [0.2, 0.25) is 0 Å². The lowest BCUT2D eigenvalue weighted by atomic mass is 9.96. The van der Waals surface area contributed by atoms with Crippen LogP contribution in [0.5, 0.6) is 0 Å². The molecule has 0 radical (unpaired) electrons. The second kappa shape index (κ2) is 10.5. The zero-order chi connectivity index (χ0) is 25.1. The van der Waals surface area contributed by atoms with Gasteiger partial charge in [0.15, 0.2) is 0 Å². The van der Waals surface area contributed by atoms with Crippen molar-refractivity contribution < 1.29 is 35.9 Å². The lowest BCUT2D eigenvalue weighted by molar-refractivity contribution is -0.143. The Morgan fingerprint density at radius 1 is 0.882 bits per heavy atom. The van der Waals surface area contributed by atoms with E-state index in [1.54, 1.807) is 4.90 Å². The van der Waals surface area contributed by atoms with Gasteiger partial charge in [0, 0.05) is 25.2 Å². The van der Waals surface area contributed by atoms with Gasteiger partial charge in [-0.1, -0.05) is 6.92 Å². The topological polar surface area (TPSA) is 52.7 Å². The van der Waals surface area contributed by atoms with E-state index in [0.717, 1.165) is 25.9 Å². The molecule has 0 spiro atoms. The summed E-state index contributed by atoms with van der Waals surface area (Å²) in [4.78, 5) is 28.8. The van der Waals surface area contributed by atoms with Crippen molar-refractivity contribution in [2.24, 2.45) is 11.8 Å². The molecular formula is C23H29F6N3O2. The molecule has 5 nitrogen and oxygen atoms in total. The quantitative estimate of drug-likeness (QED) is 0.618. The van der Waals surface area contributed by atoms with Crippen LogP contribution in [0.15, 0.2) is 18.2 Å². The van der Waals surface area contributed by atoms with Crippen molar-refractivity contribution in [3.63, 3.8) is 0 Å². The third-order valence-corrected chi connectivity index (χ3v) is 6.60. The third-order valence-electron chi connectivity index (χ3n) is 6.60. The van der Waals surface area contributed by atoms with Crippen molar-refractivity contribution in [1.29, 1.82) is 0 Å². The number of nitrogens with zero attached hydrogens (tertiary/aromatic N) is 2. The highest BCUT2D eigenvalue weighted by molar-refractivity contribution is 5.94. The van der Waals surface area contributed by atoms with Crippen LogP contribution >= 0.6 is 0 Å². The average molecular weight is 493 g/mol. The summed E-state index contributed by atoms with van der Waals surface area (Å²) in [7, 11) is 0. The minimum Gasteiger partial charge on any atom is -0.352 e. The summed E-state index contributed by atoms with van der Waals surface area (Å²) in [6, 6.07) is 0.842. The maximum atomic E-state index is 13.0. The predicted octanol–water partition coefficient (Wildman–Crippen LogP) is 4.42. The Kier molecular flexibility index (Phi) is 8.15. The molecule has 2 aliphatic heterocycles. The number of benzene rings is 1. The molecule has 1 aromatic carbocycles. The summed E-state index contributed by atoms with van der Waals surface area (Å²) in [5.74, 6) is -0.278. The first-order valence-corrected chi connectivity index (χ1v) is 11.4. The van der Waals surface area contributed by atoms with Gasteiger partial charge in [-0.25, -0.2) is 0 Å². The Bertz CT molecular complexity index is 838. The third kappa shape index (κ3) is 7.10. The van der Waals surface area contributed by atoms with E-state index < -0.39 is 35.0 Å². The van der Waals surface area contributed by atoms with Crippen LogP contribution in [0.3, 0.4) is 0 Å². The zero-order valence-corrected chi connectivity index (χ0v) is 18.9. The SMILES string of the molecule is CC1CCN(CC(=O)N2CCC(CNC(=O)c3cc(C(F)(F)F)cc(C(F)(F)F)c3)CC2)CC1. The number of alkyl halides is 6. The lowest BCUT2D eigenvalue weighted by Crippen LogP contribution is -2.47. The summed E-state index contributed by atoms with van der Waals surface area (Å²) in [5.41, 5.74) is -3.74. The second-order valence-electron chi connectivity index (χ2n) is 9.29. The molecule has 34 heavy (non-hydrogen) atoms. The zero-order valence-electron chi connectivity index (χ0n) is 18.9. The fraction of sp³-hybridized carbons (Fsp3) is 0.652. The Morgan fingerprint density at radius 2 is 1.41 bits per heavy atom. The van der Waals surface area contributed by atoms with E-state index in [0.29, 0.717) is 50.5 Å². The first kappa shape index (κ1) is 26.3. The van der Waals surface area contributed by atoms with E-state index in [1.807, 2.05) is 0 Å². The minimum atomic E-state index is -5.01. The van der Waals surface area contributed by atoms with Crippen LogP contribution in [0, 0.1) is 11.8 Å². The average Bonchev–Trinajstić information content (AvgIpc) is 2.78. The van der Waals surface area contributed by atoms with E-state index in [4.69, 9.17) is 0 Å². The molecular weight excluding hydrogens is 464 g/mol. The van der Waals surface area contributed by atoms with Gasteiger partial charge >= 0.3 is 12.4 Å². The van der Waals surface area contributed by atoms with E-state index >= 15 is 0 Å². The molecule has 0 aromatic heterocycles. The van der Waals surface area contributed by atoms with Gasteiger partial charge in [-0.05, 0) is 68.8 Å². The number of amides is 2. The van der Waals surface area contributed by atoms with Crippen LogP contribution in [0.25, 0.3) is 0 Å². The van der Waals surface area contributed by atoms with E-state index in [1.165, 1.54) is 0 Å². The monoisotopic (exact) mass is 493 g/mol. The summed E-state index contributed by atoms with van der Waals surface area (Å²) in [6.45, 7) is 5.51. The number of nitrogens with one attached hydrogen (secondary N) is 1. The molecule has 11 heteroatoms. The van der Waals surface area contributed by atoms with Gasteiger partial charge in [-0.3, -0.25) is 14.5 Å². The van der Waals surface area contributed by atoms with Gasteiger partial charge in [0.2, 0.25) is 5.91 Å². The largest absolute Gasteiger partial charge is 0.416 e. The summed E-state index contributed by atoms with van der Waals surface area (Å²) >= 11 is 0. The minimum absolute atomic E-state index is 0.00597. The molecule has 0 unspecified atom stereocenters. The van der Waals surface area contributed by atoms with Crippen molar-refractivity contribution >= 4 is 11.8 Å². The summed E-state index contributed by atoms with van der Waals surface area (Å²) < 4.78 is 78.1. The van der Waals surface area contributed by atoms with Crippen molar-refractivity contribution in [3.05, 3.63) is 34.9 Å². The molecule has 0 bridgehead atoms. The number of piperidine rings is 2. The highest BCUT2D eigenvalue weighted by Gasteiger charge is 2.37. The van der Waals surface area contributed by atoms with Crippen LogP contribution in [0.4, 0.5) is 26.3 Å². The maximum Gasteiger partial charge on any atom is 0.416 e. The predicted molar refractivity (Wildman–Crippen MR) is 113 cm³/mol. The van der Waals surface area contributed by atoms with Crippen LogP contribution in [-0.4, -0.2) is 60.9 Å². The first-order chi connectivity index (χ1) is 15.8. The molecule has 2 saturated heterocycles. The van der Waals surface area contributed by atoms with Crippen molar-refractivity contribution in [2.45, 2.75) is 45.0 Å². The first-order valence-electron chi connectivity index (χ1n) is 11.4. The van der Waals surface area contributed by atoms with Crippen molar-refractivity contribution in [3.8, 4) is 0 Å². The molecule has 2 fully saturated rings. The number of rotatable bonds is 5. The smallest absolute Gasteiger partial charge is 0.352 e. The summed E-state index contributed by atoms with van der Waals surface area (Å²) in [5, 5.41) is 2.45. The fourth-order valence-corrected chi connectivity index (χ4v) is 4.32. The Hall–Kier alpha value is -2.30. The lowest BCUT2D eigenvalue weighted by Gasteiger charge is -2.35. The number of hydrogen-bond donors (Lipinski definition) is 1. The number of halogens is 6. The number of hydrogen-bond acceptors (Lipinski definition) is 3. The van der Waals surface area contributed by atoms with Gasteiger partial charge < -0.3 is 10.2 Å². The highest BCUT2D eigenvalue weighted by Crippen LogP contribution is 2.36.